The molecule has 0 fully saturated rings. The van der Waals surface area contributed by atoms with Gasteiger partial charge < -0.3 is 5.32 Å². The molecule has 25 heavy (non-hydrogen) atoms. The number of amides is 2. The highest BCUT2D eigenvalue weighted by Gasteiger charge is 2.08. The Hall–Kier alpha value is -3.33. The maximum absolute atomic E-state index is 11.6. The number of rotatable bonds is 7. The lowest BCUT2D eigenvalue weighted by Crippen LogP contribution is -2.33. The molecule has 0 aliphatic heterocycles. The Bertz CT molecular complexity index is 815. The van der Waals surface area contributed by atoms with Crippen LogP contribution >= 0.6 is 11.3 Å². The van der Waals surface area contributed by atoms with E-state index in [1.807, 2.05) is 30.3 Å². The van der Waals surface area contributed by atoms with Crippen molar-refractivity contribution in [1.82, 2.24) is 10.7 Å². The summed E-state index contributed by atoms with van der Waals surface area (Å²) < 4.78 is 0. The molecule has 2 amide bonds. The highest BCUT2D eigenvalue weighted by molar-refractivity contribution is 7.16. The van der Waals surface area contributed by atoms with Gasteiger partial charge in [-0.1, -0.05) is 41.7 Å². The van der Waals surface area contributed by atoms with E-state index in [-0.39, 0.29) is 11.5 Å². The summed E-state index contributed by atoms with van der Waals surface area (Å²) in [4.78, 5) is 33.7. The Balaban J connectivity index is 1.72. The van der Waals surface area contributed by atoms with Crippen molar-refractivity contribution in [3.63, 3.8) is 0 Å². The highest BCUT2D eigenvalue weighted by atomic mass is 32.1. The van der Waals surface area contributed by atoms with Gasteiger partial charge in [-0.05, 0) is 17.7 Å². The van der Waals surface area contributed by atoms with Crippen molar-refractivity contribution >= 4 is 40.4 Å². The second-order valence-corrected chi connectivity index (χ2v) is 5.78. The molecule has 0 aliphatic rings. The Morgan fingerprint density at radius 3 is 2.64 bits per heavy atom. The first-order valence-corrected chi connectivity index (χ1v) is 7.93. The standard InChI is InChI=1S/C16H14N4O4S/c21-14(8-6-12-4-2-1-3-5-12)17-11-15(22)19-18-10-13-7-9-16(25-13)20(23)24/h1-10H,11H2,(H,17,21)(H,19,22)/b8-6+,18-10+. The van der Waals surface area contributed by atoms with Gasteiger partial charge in [0.1, 0.15) is 0 Å². The van der Waals surface area contributed by atoms with Crippen molar-refractivity contribution in [3.8, 4) is 0 Å². The summed E-state index contributed by atoms with van der Waals surface area (Å²) in [5.74, 6) is -0.916. The average Bonchev–Trinajstić information content (AvgIpc) is 3.08. The largest absolute Gasteiger partial charge is 0.343 e. The highest BCUT2D eigenvalue weighted by Crippen LogP contribution is 2.22. The van der Waals surface area contributed by atoms with Crippen LogP contribution in [-0.2, 0) is 9.59 Å². The minimum Gasteiger partial charge on any atom is -0.343 e. The minimum absolute atomic E-state index is 0.00903. The van der Waals surface area contributed by atoms with Gasteiger partial charge in [-0.3, -0.25) is 19.7 Å². The monoisotopic (exact) mass is 358 g/mol. The summed E-state index contributed by atoms with van der Waals surface area (Å²) in [5.41, 5.74) is 3.10. The molecule has 0 atom stereocenters. The lowest BCUT2D eigenvalue weighted by molar-refractivity contribution is -0.380. The van der Waals surface area contributed by atoms with E-state index in [1.165, 1.54) is 24.4 Å². The van der Waals surface area contributed by atoms with E-state index in [0.29, 0.717) is 4.88 Å². The second kappa shape index (κ2) is 9.08. The predicted molar refractivity (Wildman–Crippen MR) is 95.2 cm³/mol. The van der Waals surface area contributed by atoms with Crippen LogP contribution in [0, 0.1) is 10.1 Å². The maximum atomic E-state index is 11.6. The van der Waals surface area contributed by atoms with Crippen molar-refractivity contribution in [3.05, 3.63) is 69.1 Å². The van der Waals surface area contributed by atoms with Gasteiger partial charge in [0.2, 0.25) is 5.91 Å². The number of benzene rings is 1. The van der Waals surface area contributed by atoms with E-state index < -0.39 is 16.7 Å². The van der Waals surface area contributed by atoms with Crippen LogP contribution < -0.4 is 10.7 Å². The molecule has 128 valence electrons. The molecule has 0 radical (unpaired) electrons. The Kier molecular flexibility index (Phi) is 6.55. The fraction of sp³-hybridized carbons (Fsp3) is 0.0625. The zero-order valence-electron chi connectivity index (χ0n) is 12.9. The first-order valence-electron chi connectivity index (χ1n) is 7.11. The molecule has 9 heteroatoms. The summed E-state index contributed by atoms with van der Waals surface area (Å²) >= 11 is 0.937. The number of carbonyl (C=O) groups excluding carboxylic acids is 2. The zero-order chi connectivity index (χ0) is 18.1. The van der Waals surface area contributed by atoms with E-state index in [2.05, 4.69) is 15.8 Å². The van der Waals surface area contributed by atoms with E-state index >= 15 is 0 Å². The van der Waals surface area contributed by atoms with Gasteiger partial charge in [0.15, 0.2) is 0 Å². The van der Waals surface area contributed by atoms with Crippen molar-refractivity contribution in [2.24, 2.45) is 5.10 Å². The van der Waals surface area contributed by atoms with E-state index in [0.717, 1.165) is 16.9 Å². The molecule has 0 saturated heterocycles. The molecule has 2 aromatic rings. The summed E-state index contributed by atoms with van der Waals surface area (Å²) in [6, 6.07) is 12.1. The summed E-state index contributed by atoms with van der Waals surface area (Å²) in [6.07, 6.45) is 4.26. The third-order valence-electron chi connectivity index (χ3n) is 2.82. The number of nitrogens with one attached hydrogen (secondary N) is 2. The molecular weight excluding hydrogens is 344 g/mol. The summed E-state index contributed by atoms with van der Waals surface area (Å²) in [5, 5.41) is 16.6. The van der Waals surface area contributed by atoms with Gasteiger partial charge in [-0.15, -0.1) is 0 Å². The lowest BCUT2D eigenvalue weighted by atomic mass is 10.2. The lowest BCUT2D eigenvalue weighted by Gasteiger charge is -2.00. The summed E-state index contributed by atoms with van der Waals surface area (Å²) in [7, 11) is 0. The topological polar surface area (TPSA) is 114 Å². The molecule has 8 nitrogen and oxygen atoms in total. The number of nitrogens with zero attached hydrogens (tertiary/aromatic N) is 2. The predicted octanol–water partition coefficient (Wildman–Crippen LogP) is 1.94. The molecule has 0 bridgehead atoms. The first kappa shape index (κ1) is 18.0. The van der Waals surface area contributed by atoms with Crippen LogP contribution in [0.5, 0.6) is 0 Å². The Morgan fingerprint density at radius 2 is 1.96 bits per heavy atom. The van der Waals surface area contributed by atoms with Crippen LogP contribution in [0.4, 0.5) is 5.00 Å². The fourth-order valence-electron chi connectivity index (χ4n) is 1.68. The molecule has 0 unspecified atom stereocenters. The molecule has 2 rings (SSSR count). The van der Waals surface area contributed by atoms with Gasteiger partial charge in [-0.25, -0.2) is 5.43 Å². The molecule has 0 spiro atoms. The number of nitro groups is 1. The maximum Gasteiger partial charge on any atom is 0.324 e. The van der Waals surface area contributed by atoms with Crippen molar-refractivity contribution in [2.45, 2.75) is 0 Å². The molecule has 1 heterocycles. The normalized spacial score (nSPS) is 10.9. The van der Waals surface area contributed by atoms with Crippen LogP contribution in [-0.4, -0.2) is 29.5 Å². The molecule has 1 aromatic carbocycles. The minimum atomic E-state index is -0.510. The van der Waals surface area contributed by atoms with E-state index in [4.69, 9.17) is 0 Å². The van der Waals surface area contributed by atoms with E-state index in [9.17, 15) is 19.7 Å². The van der Waals surface area contributed by atoms with Gasteiger partial charge >= 0.3 is 5.00 Å². The number of thiophene rings is 1. The average molecular weight is 358 g/mol. The molecule has 0 saturated carbocycles. The third kappa shape index (κ3) is 6.36. The Morgan fingerprint density at radius 1 is 1.20 bits per heavy atom. The van der Waals surface area contributed by atoms with Gasteiger partial charge in [0.05, 0.1) is 22.6 Å². The molecule has 0 aliphatic carbocycles. The van der Waals surface area contributed by atoms with Crippen LogP contribution in [0.3, 0.4) is 0 Å². The quantitative estimate of drug-likeness (QED) is 0.341. The second-order valence-electron chi connectivity index (χ2n) is 4.69. The van der Waals surface area contributed by atoms with Crippen molar-refractivity contribution in [1.29, 1.82) is 0 Å². The fourth-order valence-corrected chi connectivity index (χ4v) is 2.37. The Labute approximate surface area is 147 Å². The molecule has 2 N–H and O–H groups in total. The molecule has 1 aromatic heterocycles. The SMILES string of the molecule is O=C(/C=C/c1ccccc1)NCC(=O)N/N=C/c1ccc([N+](=O)[O-])s1. The van der Waals surface area contributed by atoms with Gasteiger partial charge in [0.25, 0.3) is 5.91 Å². The van der Waals surface area contributed by atoms with Crippen LogP contribution in [0.1, 0.15) is 10.4 Å². The zero-order valence-corrected chi connectivity index (χ0v) is 13.7. The van der Waals surface area contributed by atoms with Gasteiger partial charge in [-0.2, -0.15) is 5.10 Å². The van der Waals surface area contributed by atoms with Crippen LogP contribution in [0.15, 0.2) is 53.6 Å². The van der Waals surface area contributed by atoms with Crippen LogP contribution in [0.25, 0.3) is 6.08 Å². The van der Waals surface area contributed by atoms with Crippen molar-refractivity contribution in [2.75, 3.05) is 6.54 Å². The van der Waals surface area contributed by atoms with Crippen LogP contribution in [0.2, 0.25) is 0 Å². The number of hydrogen-bond donors (Lipinski definition) is 2. The number of hydrogen-bond acceptors (Lipinski definition) is 6. The van der Waals surface area contributed by atoms with E-state index in [1.54, 1.807) is 6.08 Å². The van der Waals surface area contributed by atoms with Crippen molar-refractivity contribution < 1.29 is 14.5 Å². The third-order valence-corrected chi connectivity index (χ3v) is 3.79. The summed E-state index contributed by atoms with van der Waals surface area (Å²) in [6.45, 7) is -0.236. The number of carbonyl (C=O) groups is 2. The van der Waals surface area contributed by atoms with Gasteiger partial charge in [0, 0.05) is 12.1 Å². The molecular formula is C16H14N4O4S. The number of hydrazone groups is 1. The first-order chi connectivity index (χ1) is 12.0. The smallest absolute Gasteiger partial charge is 0.324 e.